The van der Waals surface area contributed by atoms with Gasteiger partial charge in [0.15, 0.2) is 0 Å². The molecule has 3 aromatic rings. The number of ether oxygens (including phenoxy) is 1. The van der Waals surface area contributed by atoms with Gasteiger partial charge in [-0.15, -0.1) is 0 Å². The number of aromatic nitrogens is 3. The number of H-pyrrole nitrogens is 1. The van der Waals surface area contributed by atoms with Crippen LogP contribution in [0.5, 0.6) is 0 Å². The Hall–Kier alpha value is -1.44. The molecule has 0 saturated heterocycles. The monoisotopic (exact) mass is 393 g/mol. The third-order valence-electron chi connectivity index (χ3n) is 3.78. The van der Waals surface area contributed by atoms with Crippen molar-refractivity contribution < 1.29 is 4.74 Å². The van der Waals surface area contributed by atoms with E-state index in [4.69, 9.17) is 4.74 Å². The molecule has 122 valence electrons. The maximum absolute atomic E-state index is 12.2. The van der Waals surface area contributed by atoms with Gasteiger partial charge < -0.3 is 9.72 Å². The van der Waals surface area contributed by atoms with E-state index in [9.17, 15) is 4.79 Å². The Labute approximate surface area is 143 Å². The molecular formula is C16H20BrN3O2Si. The van der Waals surface area contributed by atoms with Gasteiger partial charge in [0.1, 0.15) is 6.73 Å². The van der Waals surface area contributed by atoms with E-state index in [2.05, 4.69) is 45.7 Å². The molecule has 0 radical (unpaired) electrons. The first-order valence-electron chi connectivity index (χ1n) is 7.60. The number of nitrogens with one attached hydrogen (secondary N) is 1. The number of benzene rings is 1. The summed E-state index contributed by atoms with van der Waals surface area (Å²) in [6, 6.07) is 6.96. The normalized spacial score (nSPS) is 12.3. The molecule has 7 heteroatoms. The summed E-state index contributed by atoms with van der Waals surface area (Å²) in [5.41, 5.74) is 1.49. The van der Waals surface area contributed by atoms with Crippen molar-refractivity contribution >= 4 is 45.8 Å². The fourth-order valence-corrected chi connectivity index (χ4v) is 3.60. The van der Waals surface area contributed by atoms with Crippen LogP contribution in [0.1, 0.15) is 0 Å². The summed E-state index contributed by atoms with van der Waals surface area (Å²) in [7, 11) is -1.11. The lowest BCUT2D eigenvalue weighted by atomic mass is 10.2. The van der Waals surface area contributed by atoms with Crippen LogP contribution in [0.4, 0.5) is 0 Å². The van der Waals surface area contributed by atoms with Gasteiger partial charge in [0, 0.05) is 24.5 Å². The van der Waals surface area contributed by atoms with Crippen molar-refractivity contribution in [3.8, 4) is 0 Å². The molecule has 23 heavy (non-hydrogen) atoms. The van der Waals surface area contributed by atoms with Crippen molar-refractivity contribution in [3.05, 3.63) is 39.2 Å². The minimum Gasteiger partial charge on any atom is -0.360 e. The Morgan fingerprint density at radius 2 is 2.09 bits per heavy atom. The second-order valence-electron chi connectivity index (χ2n) is 6.90. The van der Waals surface area contributed by atoms with E-state index in [0.29, 0.717) is 12.1 Å². The summed E-state index contributed by atoms with van der Waals surface area (Å²) >= 11 is 3.43. The average Bonchev–Trinajstić information content (AvgIpc) is 2.87. The van der Waals surface area contributed by atoms with Crippen LogP contribution in [0, 0.1) is 0 Å². The molecule has 0 spiro atoms. The van der Waals surface area contributed by atoms with Crippen molar-refractivity contribution in [3.63, 3.8) is 0 Å². The summed E-state index contributed by atoms with van der Waals surface area (Å²) in [5, 5.41) is 5.89. The number of rotatable bonds is 5. The first-order chi connectivity index (χ1) is 10.8. The Balaban J connectivity index is 1.95. The number of nitrogens with zero attached hydrogens (tertiary/aromatic N) is 2. The highest BCUT2D eigenvalue weighted by molar-refractivity contribution is 9.10. The molecule has 0 fully saturated rings. The summed E-state index contributed by atoms with van der Waals surface area (Å²) < 4.78 is 8.49. The SMILES string of the molecule is C[Si](C)(C)CCOCn1ncc2c(=O)[nH]c3cc(Br)ccc3c21. The van der Waals surface area contributed by atoms with E-state index in [-0.39, 0.29) is 5.56 Å². The number of pyridine rings is 1. The molecule has 0 aliphatic carbocycles. The highest BCUT2D eigenvalue weighted by Gasteiger charge is 2.14. The quantitative estimate of drug-likeness (QED) is 0.527. The van der Waals surface area contributed by atoms with Crippen molar-refractivity contribution in [2.24, 2.45) is 0 Å². The second-order valence-corrected chi connectivity index (χ2v) is 13.4. The van der Waals surface area contributed by atoms with Gasteiger partial charge in [-0.3, -0.25) is 4.79 Å². The first-order valence-corrected chi connectivity index (χ1v) is 12.1. The van der Waals surface area contributed by atoms with E-state index < -0.39 is 8.07 Å². The molecule has 0 bridgehead atoms. The molecule has 0 aliphatic heterocycles. The fraction of sp³-hybridized carbons (Fsp3) is 0.375. The zero-order valence-electron chi connectivity index (χ0n) is 13.5. The van der Waals surface area contributed by atoms with Gasteiger partial charge in [0.05, 0.1) is 22.6 Å². The Kier molecular flexibility index (Phi) is 4.44. The molecule has 0 saturated carbocycles. The third-order valence-corrected chi connectivity index (χ3v) is 5.98. The molecule has 2 aromatic heterocycles. The number of hydrogen-bond donors (Lipinski definition) is 1. The standard InChI is InChI=1S/C16H20BrN3O2Si/c1-23(2,3)7-6-22-10-20-15-12-5-4-11(17)8-14(12)19-16(21)13(15)9-18-20/h4-5,8-9H,6-7,10H2,1-3H3,(H,19,21). The summed E-state index contributed by atoms with van der Waals surface area (Å²) in [6.07, 6.45) is 1.61. The fourth-order valence-electron chi connectivity index (χ4n) is 2.48. The summed E-state index contributed by atoms with van der Waals surface area (Å²) in [4.78, 5) is 15.1. The van der Waals surface area contributed by atoms with Gasteiger partial charge in [0.25, 0.3) is 5.56 Å². The topological polar surface area (TPSA) is 59.9 Å². The molecule has 0 amide bonds. The minimum absolute atomic E-state index is 0.126. The van der Waals surface area contributed by atoms with Crippen molar-refractivity contribution in [1.29, 1.82) is 0 Å². The van der Waals surface area contributed by atoms with Gasteiger partial charge in [-0.2, -0.15) is 5.10 Å². The lowest BCUT2D eigenvalue weighted by Crippen LogP contribution is -2.22. The number of aromatic amines is 1. The number of fused-ring (bicyclic) bond motifs is 3. The lowest BCUT2D eigenvalue weighted by Gasteiger charge is -2.15. The van der Waals surface area contributed by atoms with Crippen LogP contribution in [-0.2, 0) is 11.5 Å². The van der Waals surface area contributed by atoms with Crippen LogP contribution < -0.4 is 5.56 Å². The summed E-state index contributed by atoms with van der Waals surface area (Å²) in [6.45, 7) is 8.06. The van der Waals surface area contributed by atoms with Crippen molar-refractivity contribution in [1.82, 2.24) is 14.8 Å². The Morgan fingerprint density at radius 1 is 1.30 bits per heavy atom. The number of halogens is 1. The average molecular weight is 394 g/mol. The molecule has 1 N–H and O–H groups in total. The zero-order chi connectivity index (χ0) is 16.6. The van der Waals surface area contributed by atoms with Gasteiger partial charge >= 0.3 is 0 Å². The number of hydrogen-bond acceptors (Lipinski definition) is 3. The third kappa shape index (κ3) is 3.57. The van der Waals surface area contributed by atoms with Crippen LogP contribution >= 0.6 is 15.9 Å². The van der Waals surface area contributed by atoms with E-state index in [1.807, 2.05) is 18.2 Å². The van der Waals surface area contributed by atoms with Gasteiger partial charge in [-0.25, -0.2) is 4.68 Å². The Bertz CT molecular complexity index is 911. The van der Waals surface area contributed by atoms with Gasteiger partial charge in [-0.05, 0) is 24.2 Å². The predicted molar refractivity (Wildman–Crippen MR) is 99.7 cm³/mol. The highest BCUT2D eigenvalue weighted by atomic mass is 79.9. The maximum Gasteiger partial charge on any atom is 0.259 e. The molecule has 0 unspecified atom stereocenters. The van der Waals surface area contributed by atoms with Crippen LogP contribution in [-0.4, -0.2) is 29.4 Å². The van der Waals surface area contributed by atoms with E-state index >= 15 is 0 Å². The van der Waals surface area contributed by atoms with Crippen LogP contribution in [0.3, 0.4) is 0 Å². The lowest BCUT2D eigenvalue weighted by molar-refractivity contribution is 0.0818. The molecule has 0 atom stereocenters. The molecular weight excluding hydrogens is 374 g/mol. The largest absolute Gasteiger partial charge is 0.360 e. The van der Waals surface area contributed by atoms with E-state index in [1.165, 1.54) is 0 Å². The predicted octanol–water partition coefficient (Wildman–Crippen LogP) is 3.95. The van der Waals surface area contributed by atoms with E-state index in [0.717, 1.165) is 33.5 Å². The van der Waals surface area contributed by atoms with Crippen molar-refractivity contribution in [2.75, 3.05) is 6.61 Å². The van der Waals surface area contributed by atoms with Crippen LogP contribution in [0.2, 0.25) is 25.7 Å². The molecule has 0 aliphatic rings. The Morgan fingerprint density at radius 3 is 2.83 bits per heavy atom. The van der Waals surface area contributed by atoms with Crippen LogP contribution in [0.25, 0.3) is 21.8 Å². The summed E-state index contributed by atoms with van der Waals surface area (Å²) in [5.74, 6) is 0. The second kappa shape index (κ2) is 6.22. The first kappa shape index (κ1) is 16.4. The van der Waals surface area contributed by atoms with Gasteiger partial charge in [0.2, 0.25) is 0 Å². The molecule has 1 aromatic carbocycles. The van der Waals surface area contributed by atoms with Crippen LogP contribution in [0.15, 0.2) is 33.7 Å². The molecule has 3 rings (SSSR count). The van der Waals surface area contributed by atoms with Gasteiger partial charge in [-0.1, -0.05) is 35.6 Å². The maximum atomic E-state index is 12.2. The van der Waals surface area contributed by atoms with Crippen molar-refractivity contribution in [2.45, 2.75) is 32.4 Å². The smallest absolute Gasteiger partial charge is 0.259 e. The minimum atomic E-state index is -1.11. The van der Waals surface area contributed by atoms with E-state index in [1.54, 1.807) is 10.9 Å². The highest BCUT2D eigenvalue weighted by Crippen LogP contribution is 2.24. The molecule has 5 nitrogen and oxygen atoms in total. The molecule has 2 heterocycles. The zero-order valence-corrected chi connectivity index (χ0v) is 16.1.